The van der Waals surface area contributed by atoms with Crippen LogP contribution in [0.5, 0.6) is 0 Å². The molecular weight excluding hydrogens is 294 g/mol. The first-order chi connectivity index (χ1) is 11.2. The van der Waals surface area contributed by atoms with Crippen molar-refractivity contribution in [1.82, 2.24) is 15.0 Å². The van der Waals surface area contributed by atoms with Gasteiger partial charge in [-0.2, -0.15) is 4.80 Å². The van der Waals surface area contributed by atoms with Crippen molar-refractivity contribution in [3.05, 3.63) is 53.6 Å². The highest BCUT2D eigenvalue weighted by atomic mass is 15.5. The number of hydrogen-bond donors (Lipinski definition) is 0. The van der Waals surface area contributed by atoms with Crippen LogP contribution in [-0.4, -0.2) is 15.0 Å². The number of aryl methyl sites for hydroxylation is 1. The van der Waals surface area contributed by atoms with Gasteiger partial charge in [-0.05, 0) is 53.5 Å². The van der Waals surface area contributed by atoms with Gasteiger partial charge in [-0.15, -0.1) is 10.2 Å². The first-order valence-electron chi connectivity index (χ1n) is 8.59. The fourth-order valence-corrected chi connectivity index (χ4v) is 3.64. The van der Waals surface area contributed by atoms with E-state index in [4.69, 9.17) is 0 Å². The quantitative estimate of drug-likeness (QED) is 0.643. The van der Waals surface area contributed by atoms with Crippen LogP contribution in [0, 0.1) is 12.3 Å². The fraction of sp³-hybridized carbons (Fsp3) is 0.429. The van der Waals surface area contributed by atoms with Gasteiger partial charge in [0.25, 0.3) is 0 Å². The molecular formula is C21H27N3. The third kappa shape index (κ3) is 3.35. The van der Waals surface area contributed by atoms with Crippen molar-refractivity contribution in [3.63, 3.8) is 0 Å². The maximum Gasteiger partial charge on any atom is 0.113 e. The lowest BCUT2D eigenvalue weighted by Gasteiger charge is -2.33. The van der Waals surface area contributed by atoms with Gasteiger partial charge in [-0.1, -0.05) is 58.9 Å². The number of benzene rings is 2. The predicted octanol–water partition coefficient (Wildman–Crippen LogP) is 5.44. The molecule has 0 aliphatic carbocycles. The summed E-state index contributed by atoms with van der Waals surface area (Å²) in [5.74, 6) is 0. The molecule has 0 aliphatic heterocycles. The van der Waals surface area contributed by atoms with Gasteiger partial charge in [0.15, 0.2) is 0 Å². The number of rotatable bonds is 3. The molecule has 0 radical (unpaired) electrons. The maximum atomic E-state index is 4.65. The molecule has 1 heterocycles. The first kappa shape index (κ1) is 16.7. The molecule has 0 fully saturated rings. The molecule has 0 unspecified atom stereocenters. The highest BCUT2D eigenvalue weighted by molar-refractivity contribution is 5.73. The Morgan fingerprint density at radius 2 is 1.46 bits per heavy atom. The van der Waals surface area contributed by atoms with Crippen molar-refractivity contribution in [1.29, 1.82) is 0 Å². The lowest BCUT2D eigenvalue weighted by Crippen LogP contribution is -2.25. The molecule has 0 bridgehead atoms. The van der Waals surface area contributed by atoms with Crippen molar-refractivity contribution >= 4 is 11.0 Å². The van der Waals surface area contributed by atoms with Gasteiger partial charge >= 0.3 is 0 Å². The fourth-order valence-electron chi connectivity index (χ4n) is 3.64. The van der Waals surface area contributed by atoms with Crippen LogP contribution in [0.1, 0.15) is 52.2 Å². The van der Waals surface area contributed by atoms with E-state index in [0.717, 1.165) is 23.1 Å². The highest BCUT2D eigenvalue weighted by Crippen LogP contribution is 2.37. The zero-order chi connectivity index (χ0) is 17.5. The van der Waals surface area contributed by atoms with Crippen molar-refractivity contribution in [2.75, 3.05) is 0 Å². The maximum absolute atomic E-state index is 4.65. The Morgan fingerprint density at radius 1 is 0.875 bits per heavy atom. The van der Waals surface area contributed by atoms with Crippen LogP contribution in [-0.2, 0) is 5.41 Å². The Labute approximate surface area is 144 Å². The average molecular weight is 321 g/mol. The molecule has 0 aliphatic rings. The van der Waals surface area contributed by atoms with Crippen molar-refractivity contribution in [3.8, 4) is 5.69 Å². The number of nitrogens with zero attached hydrogens (tertiary/aromatic N) is 3. The molecule has 2 aromatic carbocycles. The van der Waals surface area contributed by atoms with Gasteiger partial charge < -0.3 is 0 Å². The highest BCUT2D eigenvalue weighted by Gasteiger charge is 2.27. The lowest BCUT2D eigenvalue weighted by molar-refractivity contribution is 0.284. The van der Waals surface area contributed by atoms with Gasteiger partial charge in [-0.3, -0.25) is 0 Å². The molecule has 126 valence electrons. The molecule has 1 aromatic heterocycles. The van der Waals surface area contributed by atoms with E-state index in [1.807, 2.05) is 24.3 Å². The molecule has 0 spiro atoms. The van der Waals surface area contributed by atoms with E-state index in [0.29, 0.717) is 0 Å². The normalized spacial score (nSPS) is 12.8. The molecule has 0 saturated heterocycles. The molecule has 3 nitrogen and oxygen atoms in total. The van der Waals surface area contributed by atoms with Crippen molar-refractivity contribution in [2.24, 2.45) is 5.41 Å². The number of aromatic nitrogens is 3. The molecule has 3 aromatic rings. The van der Waals surface area contributed by atoms with E-state index in [9.17, 15) is 0 Å². The summed E-state index contributed by atoms with van der Waals surface area (Å²) in [7, 11) is 0. The molecule has 24 heavy (non-hydrogen) atoms. The summed E-state index contributed by atoms with van der Waals surface area (Å²) in [6.07, 6.45) is 1.12. The summed E-state index contributed by atoms with van der Waals surface area (Å²) < 4.78 is 0. The van der Waals surface area contributed by atoms with Crippen LogP contribution < -0.4 is 0 Å². The summed E-state index contributed by atoms with van der Waals surface area (Å²) in [4.78, 5) is 1.77. The van der Waals surface area contributed by atoms with Gasteiger partial charge in [0, 0.05) is 0 Å². The molecule has 0 N–H and O–H groups in total. The van der Waals surface area contributed by atoms with Crippen LogP contribution in [0.2, 0.25) is 0 Å². The second-order valence-corrected chi connectivity index (χ2v) is 8.60. The summed E-state index contributed by atoms with van der Waals surface area (Å²) in [6.45, 7) is 13.6. The van der Waals surface area contributed by atoms with Crippen LogP contribution in [0.3, 0.4) is 0 Å². The van der Waals surface area contributed by atoms with Gasteiger partial charge in [-0.25, -0.2) is 0 Å². The minimum atomic E-state index is 0.104. The molecule has 3 heteroatoms. The van der Waals surface area contributed by atoms with Gasteiger partial charge in [0.05, 0.1) is 5.69 Å². The minimum absolute atomic E-state index is 0.104. The Balaban J connectivity index is 2.06. The Kier molecular flexibility index (Phi) is 3.98. The topological polar surface area (TPSA) is 30.7 Å². The SMILES string of the molecule is Cc1ccc(C(C)(C)CC(C)(C)C)cc1-n1nc2ccccc2n1. The smallest absolute Gasteiger partial charge is 0.113 e. The molecule has 0 amide bonds. The van der Waals surface area contributed by atoms with E-state index in [1.54, 1.807) is 4.80 Å². The van der Waals surface area contributed by atoms with Crippen LogP contribution in [0.4, 0.5) is 0 Å². The van der Waals surface area contributed by atoms with Gasteiger partial charge in [0.2, 0.25) is 0 Å². The molecule has 0 saturated carbocycles. The lowest BCUT2D eigenvalue weighted by atomic mass is 9.72. The average Bonchev–Trinajstić information content (AvgIpc) is 2.88. The third-order valence-electron chi connectivity index (χ3n) is 4.46. The Hall–Kier alpha value is -2.16. The predicted molar refractivity (Wildman–Crippen MR) is 101 cm³/mol. The van der Waals surface area contributed by atoms with Crippen molar-refractivity contribution in [2.45, 2.75) is 53.4 Å². The molecule has 3 rings (SSSR count). The zero-order valence-electron chi connectivity index (χ0n) is 15.6. The minimum Gasteiger partial charge on any atom is -0.150 e. The summed E-state index contributed by atoms with van der Waals surface area (Å²) >= 11 is 0. The Morgan fingerprint density at radius 3 is 2.00 bits per heavy atom. The Bertz CT molecular complexity index is 833. The first-order valence-corrected chi connectivity index (χ1v) is 8.59. The second kappa shape index (κ2) is 5.73. The standard InChI is InChI=1S/C21H27N3/c1-15-11-12-16(21(5,6)14-20(2,3)4)13-19(15)24-22-17-9-7-8-10-18(17)23-24/h7-13H,14H2,1-6H3. The summed E-state index contributed by atoms with van der Waals surface area (Å²) in [5, 5.41) is 9.29. The van der Waals surface area contributed by atoms with E-state index in [-0.39, 0.29) is 10.8 Å². The largest absolute Gasteiger partial charge is 0.150 e. The van der Waals surface area contributed by atoms with Crippen molar-refractivity contribution < 1.29 is 0 Å². The van der Waals surface area contributed by atoms with E-state index < -0.39 is 0 Å². The van der Waals surface area contributed by atoms with Crippen LogP contribution in [0.25, 0.3) is 16.7 Å². The van der Waals surface area contributed by atoms with Crippen LogP contribution in [0.15, 0.2) is 42.5 Å². The third-order valence-corrected chi connectivity index (χ3v) is 4.46. The van der Waals surface area contributed by atoms with E-state index in [2.05, 4.69) is 69.9 Å². The second-order valence-electron chi connectivity index (χ2n) is 8.60. The van der Waals surface area contributed by atoms with E-state index >= 15 is 0 Å². The summed E-state index contributed by atoms with van der Waals surface area (Å²) in [6, 6.07) is 14.7. The number of fused-ring (bicyclic) bond motifs is 1. The van der Waals surface area contributed by atoms with Crippen LogP contribution >= 0.6 is 0 Å². The number of hydrogen-bond acceptors (Lipinski definition) is 2. The van der Waals surface area contributed by atoms with E-state index in [1.165, 1.54) is 11.1 Å². The monoisotopic (exact) mass is 321 g/mol. The molecule has 0 atom stereocenters. The zero-order valence-corrected chi connectivity index (χ0v) is 15.6. The van der Waals surface area contributed by atoms with Gasteiger partial charge in [0.1, 0.15) is 11.0 Å². The summed E-state index contributed by atoms with van der Waals surface area (Å²) in [5.41, 5.74) is 5.82.